The van der Waals surface area contributed by atoms with Gasteiger partial charge in [-0.3, -0.25) is 14.4 Å². The second kappa shape index (κ2) is 58.6. The molecule has 6 nitrogen and oxygen atoms in total. The standard InChI is InChI=1S/C65H108O6/c1-4-7-10-13-16-19-22-25-28-30-32-34-37-40-43-46-49-52-55-58-64(67)70-61-62(60-69-63(66)57-54-51-48-45-42-39-36-27-24-21-18-15-12-9-6-3)71-65(68)59-56-53-50-47-44-41-38-35-33-31-29-26-23-20-17-14-11-8-5-2/h9,12,16-21,25-29,32,34,36,42,45,62H,4-8,10-11,13-15,22-24,30-31,33,35,37-41,43-44,46-61H2,1-3H3/b12-9-,19-16-,20-17-,21-18-,28-25-,29-26-,34-32-,36-27-,45-42-/t62-/m1/s1. The summed E-state index contributed by atoms with van der Waals surface area (Å²) in [5.74, 6) is -0.958. The van der Waals surface area contributed by atoms with Crippen molar-refractivity contribution in [3.8, 4) is 0 Å². The van der Waals surface area contributed by atoms with Crippen molar-refractivity contribution in [3.05, 3.63) is 109 Å². The molecule has 0 heterocycles. The predicted molar refractivity (Wildman–Crippen MR) is 307 cm³/mol. The average Bonchev–Trinajstić information content (AvgIpc) is 3.37. The van der Waals surface area contributed by atoms with E-state index < -0.39 is 6.10 Å². The highest BCUT2D eigenvalue weighted by Gasteiger charge is 2.19. The second-order valence-electron chi connectivity index (χ2n) is 19.2. The number of carbonyl (C=O) groups is 3. The summed E-state index contributed by atoms with van der Waals surface area (Å²) in [7, 11) is 0. The lowest BCUT2D eigenvalue weighted by molar-refractivity contribution is -0.167. The maximum absolute atomic E-state index is 12.9. The van der Waals surface area contributed by atoms with Crippen LogP contribution in [-0.2, 0) is 28.6 Å². The van der Waals surface area contributed by atoms with E-state index in [1.54, 1.807) is 0 Å². The van der Waals surface area contributed by atoms with E-state index in [9.17, 15) is 14.4 Å². The van der Waals surface area contributed by atoms with Crippen molar-refractivity contribution >= 4 is 17.9 Å². The van der Waals surface area contributed by atoms with Crippen molar-refractivity contribution in [3.63, 3.8) is 0 Å². The molecule has 0 radical (unpaired) electrons. The van der Waals surface area contributed by atoms with Crippen LogP contribution in [0.4, 0.5) is 0 Å². The molecule has 71 heavy (non-hydrogen) atoms. The molecule has 0 fully saturated rings. The van der Waals surface area contributed by atoms with Crippen LogP contribution in [0, 0.1) is 0 Å². The summed E-state index contributed by atoms with van der Waals surface area (Å²) in [6.07, 6.45) is 79.3. The van der Waals surface area contributed by atoms with Crippen LogP contribution >= 0.6 is 0 Å². The van der Waals surface area contributed by atoms with E-state index in [4.69, 9.17) is 14.2 Å². The van der Waals surface area contributed by atoms with Crippen molar-refractivity contribution in [2.75, 3.05) is 13.2 Å². The molecule has 6 heteroatoms. The van der Waals surface area contributed by atoms with E-state index in [-0.39, 0.29) is 31.1 Å². The van der Waals surface area contributed by atoms with Gasteiger partial charge in [-0.1, -0.05) is 226 Å². The van der Waals surface area contributed by atoms with Gasteiger partial charge in [-0.25, -0.2) is 0 Å². The summed E-state index contributed by atoms with van der Waals surface area (Å²) in [6, 6.07) is 0. The molecule has 0 amide bonds. The van der Waals surface area contributed by atoms with Gasteiger partial charge in [0, 0.05) is 19.3 Å². The highest BCUT2D eigenvalue weighted by atomic mass is 16.6. The summed E-state index contributed by atoms with van der Waals surface area (Å²) in [5.41, 5.74) is 0. The number of rotatable bonds is 52. The Kier molecular flexibility index (Phi) is 55.4. The molecular weight excluding hydrogens is 877 g/mol. The van der Waals surface area contributed by atoms with Crippen molar-refractivity contribution < 1.29 is 28.6 Å². The second-order valence-corrected chi connectivity index (χ2v) is 19.2. The van der Waals surface area contributed by atoms with Crippen molar-refractivity contribution in [2.24, 2.45) is 0 Å². The molecule has 0 N–H and O–H groups in total. The number of carbonyl (C=O) groups excluding carboxylic acids is 3. The summed E-state index contributed by atoms with van der Waals surface area (Å²) in [6.45, 7) is 6.43. The molecule has 0 aromatic carbocycles. The van der Waals surface area contributed by atoms with Gasteiger partial charge < -0.3 is 14.2 Å². The topological polar surface area (TPSA) is 78.9 Å². The summed E-state index contributed by atoms with van der Waals surface area (Å²) in [4.78, 5) is 38.2. The van der Waals surface area contributed by atoms with Gasteiger partial charge in [0.15, 0.2) is 6.10 Å². The van der Waals surface area contributed by atoms with Gasteiger partial charge in [-0.05, 0) is 128 Å². The Balaban J connectivity index is 4.47. The number of hydrogen-bond donors (Lipinski definition) is 0. The monoisotopic (exact) mass is 985 g/mol. The molecule has 0 saturated heterocycles. The highest BCUT2D eigenvalue weighted by Crippen LogP contribution is 2.14. The number of unbranched alkanes of at least 4 members (excludes halogenated alkanes) is 23. The SMILES string of the molecule is CC/C=C\C/C=C\C/C=C\C/C=C\CCCCC(=O)OC[C@H](COC(=O)CCCCCCCC/C=C\C/C=C\C/C=C\CCCCC)OC(=O)CCCCCCCCCCC/C=C\C/C=C\CCCCC. The Labute approximate surface area is 438 Å². The Morgan fingerprint density at radius 3 is 0.887 bits per heavy atom. The lowest BCUT2D eigenvalue weighted by Gasteiger charge is -2.18. The van der Waals surface area contributed by atoms with Gasteiger partial charge in [0.2, 0.25) is 0 Å². The Morgan fingerprint density at radius 1 is 0.296 bits per heavy atom. The molecule has 0 aromatic rings. The van der Waals surface area contributed by atoms with Crippen LogP contribution in [-0.4, -0.2) is 37.2 Å². The molecule has 0 spiro atoms. The van der Waals surface area contributed by atoms with Gasteiger partial charge in [-0.15, -0.1) is 0 Å². The van der Waals surface area contributed by atoms with Gasteiger partial charge in [0.25, 0.3) is 0 Å². The highest BCUT2D eigenvalue weighted by molar-refractivity contribution is 5.71. The van der Waals surface area contributed by atoms with Crippen molar-refractivity contribution in [2.45, 2.75) is 271 Å². The van der Waals surface area contributed by atoms with Crippen LogP contribution in [0.3, 0.4) is 0 Å². The maximum Gasteiger partial charge on any atom is 0.306 e. The minimum atomic E-state index is -0.806. The minimum Gasteiger partial charge on any atom is -0.462 e. The van der Waals surface area contributed by atoms with Crippen molar-refractivity contribution in [1.29, 1.82) is 0 Å². The normalized spacial score (nSPS) is 12.9. The summed E-state index contributed by atoms with van der Waals surface area (Å²) >= 11 is 0. The van der Waals surface area contributed by atoms with E-state index >= 15 is 0 Å². The van der Waals surface area contributed by atoms with Crippen LogP contribution in [0.15, 0.2) is 109 Å². The van der Waals surface area contributed by atoms with Gasteiger partial charge in [0.1, 0.15) is 13.2 Å². The first-order valence-electron chi connectivity index (χ1n) is 29.4. The van der Waals surface area contributed by atoms with Crippen LogP contribution in [0.5, 0.6) is 0 Å². The van der Waals surface area contributed by atoms with Crippen LogP contribution in [0.25, 0.3) is 0 Å². The zero-order valence-electron chi connectivity index (χ0n) is 46.2. The maximum atomic E-state index is 12.9. The van der Waals surface area contributed by atoms with Crippen LogP contribution in [0.1, 0.15) is 265 Å². The Morgan fingerprint density at radius 2 is 0.549 bits per heavy atom. The molecule has 0 rings (SSSR count). The van der Waals surface area contributed by atoms with Crippen molar-refractivity contribution in [1.82, 2.24) is 0 Å². The van der Waals surface area contributed by atoms with E-state index in [0.717, 1.165) is 116 Å². The molecular formula is C65H108O6. The minimum absolute atomic E-state index is 0.101. The first kappa shape index (κ1) is 67.1. The molecule has 0 bridgehead atoms. The van der Waals surface area contributed by atoms with E-state index in [2.05, 4.69) is 130 Å². The molecule has 0 aliphatic rings. The third-order valence-corrected chi connectivity index (χ3v) is 12.2. The van der Waals surface area contributed by atoms with Crippen LogP contribution in [0.2, 0.25) is 0 Å². The summed E-state index contributed by atoms with van der Waals surface area (Å²) < 4.78 is 16.8. The number of allylic oxidation sites excluding steroid dienone is 18. The van der Waals surface area contributed by atoms with Gasteiger partial charge in [0.05, 0.1) is 0 Å². The zero-order chi connectivity index (χ0) is 51.4. The molecule has 0 saturated carbocycles. The molecule has 404 valence electrons. The predicted octanol–water partition coefficient (Wildman–Crippen LogP) is 19.9. The Hall–Kier alpha value is -3.93. The zero-order valence-corrected chi connectivity index (χ0v) is 46.2. The number of ether oxygens (including phenoxy) is 3. The average molecular weight is 986 g/mol. The first-order chi connectivity index (χ1) is 35.0. The quantitative estimate of drug-likeness (QED) is 0.0261. The van der Waals surface area contributed by atoms with Gasteiger partial charge in [-0.2, -0.15) is 0 Å². The lowest BCUT2D eigenvalue weighted by Crippen LogP contribution is -2.30. The Bertz CT molecular complexity index is 1460. The van der Waals surface area contributed by atoms with E-state index in [0.29, 0.717) is 19.3 Å². The third-order valence-electron chi connectivity index (χ3n) is 12.2. The van der Waals surface area contributed by atoms with Crippen LogP contribution < -0.4 is 0 Å². The van der Waals surface area contributed by atoms with E-state index in [1.807, 2.05) is 0 Å². The lowest BCUT2D eigenvalue weighted by atomic mass is 10.1. The number of hydrogen-bond acceptors (Lipinski definition) is 6. The molecule has 0 aliphatic carbocycles. The van der Waals surface area contributed by atoms with E-state index in [1.165, 1.54) is 109 Å². The molecule has 0 aromatic heterocycles. The number of esters is 3. The molecule has 1 atom stereocenters. The fourth-order valence-corrected chi connectivity index (χ4v) is 7.82. The first-order valence-corrected chi connectivity index (χ1v) is 29.4. The molecule has 0 aliphatic heterocycles. The fourth-order valence-electron chi connectivity index (χ4n) is 7.82. The summed E-state index contributed by atoms with van der Waals surface area (Å²) in [5, 5.41) is 0. The third kappa shape index (κ3) is 56.9. The fraction of sp³-hybridized carbons (Fsp3) is 0.677. The largest absolute Gasteiger partial charge is 0.462 e. The smallest absolute Gasteiger partial charge is 0.306 e. The molecule has 0 unspecified atom stereocenters. The van der Waals surface area contributed by atoms with Gasteiger partial charge >= 0.3 is 17.9 Å².